The van der Waals surface area contributed by atoms with Crippen molar-refractivity contribution in [2.45, 2.75) is 30.9 Å². The molecule has 0 radical (unpaired) electrons. The van der Waals surface area contributed by atoms with Crippen LogP contribution in [0.2, 0.25) is 0 Å². The monoisotopic (exact) mass is 795 g/mol. The van der Waals surface area contributed by atoms with E-state index in [-0.39, 0.29) is 18.2 Å². The first-order valence-corrected chi connectivity index (χ1v) is 20.1. The summed E-state index contributed by atoms with van der Waals surface area (Å²) in [6.07, 6.45) is 1.58. The van der Waals surface area contributed by atoms with Gasteiger partial charge in [0.2, 0.25) is 5.91 Å². The number of amides is 3. The lowest BCUT2D eigenvalue weighted by molar-refractivity contribution is -0.116. The van der Waals surface area contributed by atoms with Crippen LogP contribution in [0.25, 0.3) is 17.2 Å². The van der Waals surface area contributed by atoms with Gasteiger partial charge in [-0.25, -0.2) is 4.79 Å². The molecular weight excluding hydrogens is 755 g/mol. The minimum absolute atomic E-state index is 0.00830. The number of ether oxygens (including phenoxy) is 2. The number of thiophene rings is 1. The number of rotatable bonds is 15. The largest absolute Gasteiger partial charge is 0.493 e. The average Bonchev–Trinajstić information content (AvgIpc) is 3.65. The number of carbonyl (C=O) groups excluding carboxylic acids is 4. The van der Waals surface area contributed by atoms with Crippen molar-refractivity contribution < 1.29 is 28.7 Å². The molecule has 57 heavy (non-hydrogen) atoms. The maximum absolute atomic E-state index is 14.3. The van der Waals surface area contributed by atoms with E-state index in [1.54, 1.807) is 73.7 Å². The topological polar surface area (TPSA) is 123 Å². The lowest BCUT2D eigenvalue weighted by Crippen LogP contribution is -2.30. The quantitative estimate of drug-likeness (QED) is 0.0537. The van der Waals surface area contributed by atoms with Crippen molar-refractivity contribution in [3.05, 3.63) is 172 Å². The molecule has 0 aliphatic heterocycles. The fourth-order valence-electron chi connectivity index (χ4n) is 5.85. The Bertz CT molecular complexity index is 2380. The molecule has 3 N–H and O–H groups in total. The van der Waals surface area contributed by atoms with Gasteiger partial charge in [0, 0.05) is 32.7 Å². The van der Waals surface area contributed by atoms with E-state index in [4.69, 9.17) is 9.47 Å². The van der Waals surface area contributed by atoms with Gasteiger partial charge in [0.05, 0.1) is 13.2 Å². The number of benzene rings is 5. The second-order valence-electron chi connectivity index (χ2n) is 12.7. The highest BCUT2D eigenvalue weighted by Gasteiger charge is 2.28. The second kappa shape index (κ2) is 19.4. The van der Waals surface area contributed by atoms with Crippen LogP contribution in [0.1, 0.15) is 56.5 Å². The number of hydrogen-bond donors (Lipinski definition) is 3. The number of esters is 1. The van der Waals surface area contributed by atoms with Crippen molar-refractivity contribution >= 4 is 63.6 Å². The van der Waals surface area contributed by atoms with Gasteiger partial charge in [0.25, 0.3) is 11.8 Å². The normalized spacial score (nSPS) is 11.6. The molecule has 0 aliphatic carbocycles. The Morgan fingerprint density at radius 2 is 1.47 bits per heavy atom. The van der Waals surface area contributed by atoms with Crippen LogP contribution in [0.4, 0.5) is 10.7 Å². The number of anilines is 2. The number of hydrogen-bond acceptors (Lipinski definition) is 8. The first-order valence-electron chi connectivity index (χ1n) is 18.3. The molecule has 6 aromatic rings. The van der Waals surface area contributed by atoms with Crippen LogP contribution in [0, 0.1) is 6.92 Å². The number of para-hydroxylation sites is 1. The van der Waals surface area contributed by atoms with Gasteiger partial charge in [-0.15, -0.1) is 23.1 Å². The third kappa shape index (κ3) is 10.5. The molecule has 11 heteroatoms. The minimum Gasteiger partial charge on any atom is -0.493 e. The first kappa shape index (κ1) is 40.2. The van der Waals surface area contributed by atoms with Gasteiger partial charge in [0.15, 0.2) is 0 Å². The van der Waals surface area contributed by atoms with E-state index >= 15 is 0 Å². The summed E-state index contributed by atoms with van der Waals surface area (Å²) in [5.74, 6) is -1.31. The molecule has 6 rings (SSSR count). The third-order valence-electron chi connectivity index (χ3n) is 8.60. The fraction of sp³-hybridized carbons (Fsp3) is 0.130. The Morgan fingerprint density at radius 3 is 2.19 bits per heavy atom. The molecule has 1 atom stereocenters. The highest BCUT2D eigenvalue weighted by molar-refractivity contribution is 8.00. The Balaban J connectivity index is 1.27. The summed E-state index contributed by atoms with van der Waals surface area (Å²) in [5.41, 5.74) is 5.09. The molecule has 1 aromatic heterocycles. The van der Waals surface area contributed by atoms with E-state index in [2.05, 4.69) is 16.0 Å². The van der Waals surface area contributed by atoms with Crippen molar-refractivity contribution in [2.75, 3.05) is 23.8 Å². The molecule has 0 spiro atoms. The standard InChI is InChI=1S/C46H41N3O6S2/c1-4-54-39-22-13-12-19-34(39)27-38(48-42(50)33-17-10-7-11-18-33)43(51)47-35-20-14-21-36(28-35)57-41(32-15-8-6-9-16-32)44(52)49-45-40(46(53)55-5-2)37(29-56-45)31-25-23-30(3)24-26-31/h6-29,41H,4-5H2,1-3H3,(H,47,51)(H,48,50)(H,49,52)/b38-27+. The predicted molar refractivity (Wildman–Crippen MR) is 229 cm³/mol. The molecule has 5 aromatic carbocycles. The lowest BCUT2D eigenvalue weighted by Gasteiger charge is -2.18. The number of carbonyl (C=O) groups is 4. The molecule has 0 saturated carbocycles. The molecule has 1 unspecified atom stereocenters. The molecule has 1 heterocycles. The van der Waals surface area contributed by atoms with Crippen molar-refractivity contribution in [2.24, 2.45) is 0 Å². The smallest absolute Gasteiger partial charge is 0.341 e. The predicted octanol–water partition coefficient (Wildman–Crippen LogP) is 10.2. The number of aryl methyl sites for hydroxylation is 1. The first-order chi connectivity index (χ1) is 27.7. The zero-order chi connectivity index (χ0) is 40.1. The highest BCUT2D eigenvalue weighted by atomic mass is 32.2. The van der Waals surface area contributed by atoms with Crippen LogP contribution in [-0.4, -0.2) is 36.9 Å². The molecular formula is C46H41N3O6S2. The van der Waals surface area contributed by atoms with Crippen LogP contribution in [0.15, 0.2) is 149 Å². The Hall–Kier alpha value is -6.43. The van der Waals surface area contributed by atoms with Crippen molar-refractivity contribution in [3.63, 3.8) is 0 Å². The summed E-state index contributed by atoms with van der Waals surface area (Å²) >= 11 is 2.55. The van der Waals surface area contributed by atoms with Crippen LogP contribution < -0.4 is 20.7 Å². The van der Waals surface area contributed by atoms with E-state index in [1.165, 1.54) is 23.1 Å². The van der Waals surface area contributed by atoms with Gasteiger partial charge >= 0.3 is 5.97 Å². The zero-order valence-corrected chi connectivity index (χ0v) is 33.2. The average molecular weight is 796 g/mol. The van der Waals surface area contributed by atoms with Crippen molar-refractivity contribution in [1.82, 2.24) is 5.32 Å². The maximum atomic E-state index is 14.3. The van der Waals surface area contributed by atoms with Crippen molar-refractivity contribution in [3.8, 4) is 16.9 Å². The Labute approximate surface area is 340 Å². The second-order valence-corrected chi connectivity index (χ2v) is 14.7. The van der Waals surface area contributed by atoms with Crippen LogP contribution >= 0.6 is 23.1 Å². The summed E-state index contributed by atoms with van der Waals surface area (Å²) in [7, 11) is 0. The van der Waals surface area contributed by atoms with Gasteiger partial charge < -0.3 is 25.4 Å². The maximum Gasteiger partial charge on any atom is 0.341 e. The van der Waals surface area contributed by atoms with Gasteiger partial charge in [-0.3, -0.25) is 14.4 Å². The van der Waals surface area contributed by atoms with E-state index in [0.717, 1.165) is 16.7 Å². The van der Waals surface area contributed by atoms with E-state index < -0.39 is 23.0 Å². The third-order valence-corrected chi connectivity index (χ3v) is 10.7. The van der Waals surface area contributed by atoms with Gasteiger partial charge in [-0.1, -0.05) is 103 Å². The Morgan fingerprint density at radius 1 is 0.772 bits per heavy atom. The number of thioether (sulfide) groups is 1. The summed E-state index contributed by atoms with van der Waals surface area (Å²) in [4.78, 5) is 55.5. The fourth-order valence-corrected chi connectivity index (χ4v) is 7.89. The summed E-state index contributed by atoms with van der Waals surface area (Å²) in [6, 6.07) is 40.2. The van der Waals surface area contributed by atoms with Crippen LogP contribution in [-0.2, 0) is 14.3 Å². The number of nitrogens with one attached hydrogen (secondary N) is 3. The van der Waals surface area contributed by atoms with Crippen molar-refractivity contribution in [1.29, 1.82) is 0 Å². The van der Waals surface area contributed by atoms with E-state index in [1.807, 2.05) is 92.0 Å². The molecule has 0 aliphatic rings. The lowest BCUT2D eigenvalue weighted by atomic mass is 10.0. The Kier molecular flexibility index (Phi) is 13.7. The van der Waals surface area contributed by atoms with Gasteiger partial charge in [-0.2, -0.15) is 0 Å². The zero-order valence-electron chi connectivity index (χ0n) is 31.6. The highest BCUT2D eigenvalue weighted by Crippen LogP contribution is 2.40. The van der Waals surface area contributed by atoms with E-state index in [9.17, 15) is 19.2 Å². The van der Waals surface area contributed by atoms with Gasteiger partial charge in [-0.05, 0) is 74.4 Å². The van der Waals surface area contributed by atoms with Crippen LogP contribution in [0.3, 0.4) is 0 Å². The van der Waals surface area contributed by atoms with Crippen LogP contribution in [0.5, 0.6) is 5.75 Å². The molecule has 0 saturated heterocycles. The SMILES string of the molecule is CCOC(=O)c1c(-c2ccc(C)cc2)csc1NC(=O)C(Sc1cccc(NC(=O)/C(=C\c2ccccc2OCC)NC(=O)c2ccccc2)c1)c1ccccc1. The summed E-state index contributed by atoms with van der Waals surface area (Å²) in [5, 5.41) is 10.2. The van der Waals surface area contributed by atoms with E-state index in [0.29, 0.717) is 50.2 Å². The van der Waals surface area contributed by atoms with Gasteiger partial charge in [0.1, 0.15) is 27.3 Å². The molecule has 0 fully saturated rings. The molecule has 0 bridgehead atoms. The minimum atomic E-state index is -0.743. The molecule has 3 amide bonds. The molecule has 9 nitrogen and oxygen atoms in total. The summed E-state index contributed by atoms with van der Waals surface area (Å²) in [6.45, 7) is 6.21. The summed E-state index contributed by atoms with van der Waals surface area (Å²) < 4.78 is 11.2. The molecule has 288 valence electrons.